The third-order valence-electron chi connectivity index (χ3n) is 5.65. The van der Waals surface area contributed by atoms with Crippen molar-refractivity contribution in [3.05, 3.63) is 66.2 Å². The molecule has 4 rings (SSSR count). The Bertz CT molecular complexity index is 1180. The average Bonchev–Trinajstić information content (AvgIpc) is 3.46. The highest BCUT2D eigenvalue weighted by Gasteiger charge is 2.25. The highest BCUT2D eigenvalue weighted by molar-refractivity contribution is 7.89. The summed E-state index contributed by atoms with van der Waals surface area (Å²) in [5, 5.41) is 7.67. The number of hydrogen-bond donors (Lipinski definition) is 1. The van der Waals surface area contributed by atoms with Gasteiger partial charge in [0.05, 0.1) is 17.1 Å². The number of nitrogens with zero attached hydrogens (tertiary/aromatic N) is 3. The zero-order valence-electron chi connectivity index (χ0n) is 18.2. The van der Waals surface area contributed by atoms with Crippen LogP contribution in [0.15, 0.2) is 60.7 Å². The average molecular weight is 453 g/mol. The number of nitrogens with one attached hydrogen (secondary N) is 1. The Balaban J connectivity index is 1.50. The molecule has 1 amide bonds. The normalized spacial score (nSPS) is 14.5. The summed E-state index contributed by atoms with van der Waals surface area (Å²) < 4.78 is 28.0. The molecule has 32 heavy (non-hydrogen) atoms. The number of carbonyl (C=O) groups excluding carboxylic acids is 1. The Morgan fingerprint density at radius 2 is 1.72 bits per heavy atom. The van der Waals surface area contributed by atoms with E-state index in [4.69, 9.17) is 5.10 Å². The van der Waals surface area contributed by atoms with E-state index in [0.717, 1.165) is 35.3 Å². The molecular weight excluding hydrogens is 424 g/mol. The van der Waals surface area contributed by atoms with Crippen LogP contribution in [0, 0.1) is 6.92 Å². The molecule has 168 valence electrons. The molecule has 0 atom stereocenters. The van der Waals surface area contributed by atoms with E-state index in [1.54, 1.807) is 4.68 Å². The summed E-state index contributed by atoms with van der Waals surface area (Å²) >= 11 is 0. The zero-order valence-corrected chi connectivity index (χ0v) is 19.0. The Hall–Kier alpha value is -2.97. The summed E-state index contributed by atoms with van der Waals surface area (Å²) in [4.78, 5) is 12.7. The molecule has 0 radical (unpaired) electrons. The Morgan fingerprint density at radius 3 is 2.44 bits per heavy atom. The Morgan fingerprint density at radius 1 is 1.03 bits per heavy atom. The van der Waals surface area contributed by atoms with E-state index < -0.39 is 10.0 Å². The van der Waals surface area contributed by atoms with Gasteiger partial charge in [-0.3, -0.25) is 4.79 Å². The molecular formula is C24H28N4O3S. The zero-order chi connectivity index (χ0) is 22.6. The third-order valence-corrected chi connectivity index (χ3v) is 7.61. The molecule has 2 heterocycles. The molecule has 1 fully saturated rings. The van der Waals surface area contributed by atoms with Crippen LogP contribution < -0.4 is 5.32 Å². The second kappa shape index (κ2) is 9.67. The maximum absolute atomic E-state index is 12.7. The molecule has 1 aliphatic heterocycles. The number of aryl methyl sites for hydroxylation is 1. The van der Waals surface area contributed by atoms with E-state index in [0.29, 0.717) is 18.9 Å². The summed E-state index contributed by atoms with van der Waals surface area (Å²) in [7, 11) is -3.28. The quantitative estimate of drug-likeness (QED) is 0.560. The first kappa shape index (κ1) is 22.2. The van der Waals surface area contributed by atoms with E-state index in [1.807, 2.05) is 67.6 Å². The number of amides is 1. The van der Waals surface area contributed by atoms with Crippen molar-refractivity contribution in [3.8, 4) is 16.9 Å². The van der Waals surface area contributed by atoms with Crippen LogP contribution in [0.5, 0.6) is 0 Å². The number of para-hydroxylation sites is 1. The van der Waals surface area contributed by atoms with Gasteiger partial charge < -0.3 is 5.32 Å². The smallest absolute Gasteiger partial charge is 0.225 e. The molecule has 1 saturated heterocycles. The van der Waals surface area contributed by atoms with Gasteiger partial charge in [0.15, 0.2) is 0 Å². The van der Waals surface area contributed by atoms with Crippen LogP contribution in [0.3, 0.4) is 0 Å². The van der Waals surface area contributed by atoms with E-state index in [-0.39, 0.29) is 24.5 Å². The first-order chi connectivity index (χ1) is 15.4. The Labute approximate surface area is 189 Å². The van der Waals surface area contributed by atoms with E-state index >= 15 is 0 Å². The number of benzene rings is 2. The molecule has 0 saturated carbocycles. The lowest BCUT2D eigenvalue weighted by molar-refractivity contribution is -0.116. The predicted octanol–water partition coefficient (Wildman–Crippen LogP) is 3.99. The van der Waals surface area contributed by atoms with Gasteiger partial charge in [0.25, 0.3) is 0 Å². The molecule has 0 aliphatic carbocycles. The van der Waals surface area contributed by atoms with Gasteiger partial charge in [-0.25, -0.2) is 17.4 Å². The van der Waals surface area contributed by atoms with Gasteiger partial charge in [-0.05, 0) is 37.8 Å². The number of aromatic nitrogens is 2. The fourth-order valence-corrected chi connectivity index (χ4v) is 5.50. The van der Waals surface area contributed by atoms with Gasteiger partial charge in [-0.1, -0.05) is 48.5 Å². The maximum Gasteiger partial charge on any atom is 0.225 e. The molecule has 1 aromatic heterocycles. The largest absolute Gasteiger partial charge is 0.311 e. The Kier molecular flexibility index (Phi) is 6.72. The maximum atomic E-state index is 12.7. The van der Waals surface area contributed by atoms with Crippen LogP contribution in [0.1, 0.15) is 31.2 Å². The monoisotopic (exact) mass is 452 g/mol. The number of sulfonamides is 1. The first-order valence-electron chi connectivity index (χ1n) is 10.9. The SMILES string of the molecule is Cc1ccccc1-n1nc(-c2ccccc2)cc1NC(=O)CCCS(=O)(=O)N1CCCC1. The minimum atomic E-state index is -3.28. The minimum Gasteiger partial charge on any atom is -0.311 e. The van der Waals surface area contributed by atoms with Gasteiger partial charge in [0.1, 0.15) is 5.82 Å². The molecule has 1 aliphatic rings. The fourth-order valence-electron chi connectivity index (χ4n) is 3.92. The second-order valence-corrected chi connectivity index (χ2v) is 10.1. The summed E-state index contributed by atoms with van der Waals surface area (Å²) in [5.74, 6) is 0.328. The van der Waals surface area contributed by atoms with Crippen LogP contribution in [-0.4, -0.2) is 47.3 Å². The van der Waals surface area contributed by atoms with Crippen molar-refractivity contribution in [2.45, 2.75) is 32.6 Å². The van der Waals surface area contributed by atoms with Gasteiger partial charge in [0, 0.05) is 31.1 Å². The fraction of sp³-hybridized carbons (Fsp3) is 0.333. The topological polar surface area (TPSA) is 84.3 Å². The van der Waals surface area contributed by atoms with Crippen molar-refractivity contribution in [1.29, 1.82) is 0 Å². The van der Waals surface area contributed by atoms with Crippen molar-refractivity contribution in [2.75, 3.05) is 24.2 Å². The predicted molar refractivity (Wildman–Crippen MR) is 126 cm³/mol. The molecule has 1 N–H and O–H groups in total. The number of rotatable bonds is 8. The molecule has 2 aromatic carbocycles. The molecule has 0 unspecified atom stereocenters. The van der Waals surface area contributed by atoms with Gasteiger partial charge in [-0.2, -0.15) is 5.10 Å². The summed E-state index contributed by atoms with van der Waals surface area (Å²) in [6, 6.07) is 19.5. The highest BCUT2D eigenvalue weighted by Crippen LogP contribution is 2.26. The third kappa shape index (κ3) is 5.08. The standard InChI is InChI=1S/C24H28N4O3S/c1-19-10-5-6-13-22(19)28-23(18-21(26-28)20-11-3-2-4-12-20)25-24(29)14-9-17-32(30,31)27-15-7-8-16-27/h2-6,10-13,18H,7-9,14-17H2,1H3,(H,25,29). The molecule has 0 bridgehead atoms. The summed E-state index contributed by atoms with van der Waals surface area (Å²) in [6.45, 7) is 3.17. The molecule has 8 heteroatoms. The van der Waals surface area contributed by atoms with Crippen molar-refractivity contribution >= 4 is 21.7 Å². The van der Waals surface area contributed by atoms with Crippen LogP contribution >= 0.6 is 0 Å². The lowest BCUT2D eigenvalue weighted by Crippen LogP contribution is -2.30. The van der Waals surface area contributed by atoms with E-state index in [1.165, 1.54) is 4.31 Å². The summed E-state index contributed by atoms with van der Waals surface area (Å²) in [5.41, 5.74) is 3.61. The van der Waals surface area contributed by atoms with Crippen molar-refractivity contribution < 1.29 is 13.2 Å². The van der Waals surface area contributed by atoms with Gasteiger partial charge in [0.2, 0.25) is 15.9 Å². The first-order valence-corrected chi connectivity index (χ1v) is 12.5. The molecule has 0 spiro atoms. The lowest BCUT2D eigenvalue weighted by Gasteiger charge is -2.15. The van der Waals surface area contributed by atoms with E-state index in [9.17, 15) is 13.2 Å². The number of hydrogen-bond acceptors (Lipinski definition) is 4. The minimum absolute atomic E-state index is 0.00720. The van der Waals surface area contributed by atoms with Gasteiger partial charge >= 0.3 is 0 Å². The second-order valence-electron chi connectivity index (χ2n) is 8.05. The van der Waals surface area contributed by atoms with E-state index in [2.05, 4.69) is 5.32 Å². The number of carbonyl (C=O) groups is 1. The molecule has 7 nitrogen and oxygen atoms in total. The van der Waals surface area contributed by atoms with Crippen LogP contribution in [-0.2, 0) is 14.8 Å². The van der Waals surface area contributed by atoms with Crippen molar-refractivity contribution in [3.63, 3.8) is 0 Å². The van der Waals surface area contributed by atoms with Crippen molar-refractivity contribution in [2.24, 2.45) is 0 Å². The van der Waals surface area contributed by atoms with Crippen LogP contribution in [0.4, 0.5) is 5.82 Å². The lowest BCUT2D eigenvalue weighted by atomic mass is 10.1. The van der Waals surface area contributed by atoms with Crippen LogP contribution in [0.25, 0.3) is 16.9 Å². The summed E-state index contributed by atoms with van der Waals surface area (Å²) in [6.07, 6.45) is 2.24. The highest BCUT2D eigenvalue weighted by atomic mass is 32.2. The van der Waals surface area contributed by atoms with Gasteiger partial charge in [-0.15, -0.1) is 0 Å². The van der Waals surface area contributed by atoms with Crippen molar-refractivity contribution in [1.82, 2.24) is 14.1 Å². The van der Waals surface area contributed by atoms with Crippen LogP contribution in [0.2, 0.25) is 0 Å². The number of anilines is 1. The molecule has 3 aromatic rings.